The predicted octanol–water partition coefficient (Wildman–Crippen LogP) is 1.91. The highest BCUT2D eigenvalue weighted by Gasteiger charge is 2.85. The Balaban J connectivity index is 1.69. The van der Waals surface area contributed by atoms with Crippen LogP contribution in [0.5, 0.6) is 0 Å². The zero-order valence-electron chi connectivity index (χ0n) is 10.3. The number of nitrogens with zero attached hydrogens (tertiary/aromatic N) is 2. The van der Waals surface area contributed by atoms with Crippen molar-refractivity contribution in [2.75, 3.05) is 13.2 Å². The van der Waals surface area contributed by atoms with Crippen LogP contribution in [0.3, 0.4) is 0 Å². The van der Waals surface area contributed by atoms with Crippen LogP contribution in [-0.4, -0.2) is 34.9 Å². The molecule has 4 nitrogen and oxygen atoms in total. The van der Waals surface area contributed by atoms with Crippen LogP contribution in [0.15, 0.2) is 18.5 Å². The molecule has 1 aromatic rings. The van der Waals surface area contributed by atoms with Gasteiger partial charge in [-0.25, -0.2) is 18.7 Å². The van der Waals surface area contributed by atoms with Crippen molar-refractivity contribution in [2.24, 2.45) is 5.92 Å². The fraction of sp³-hybridized carbons (Fsp3) is 0.692. The molecule has 0 aromatic carbocycles. The van der Waals surface area contributed by atoms with Crippen LogP contribution in [0.25, 0.3) is 0 Å². The van der Waals surface area contributed by atoms with E-state index in [1.807, 2.05) is 0 Å². The van der Waals surface area contributed by atoms with Gasteiger partial charge in [0.1, 0.15) is 11.2 Å². The third-order valence-corrected chi connectivity index (χ3v) is 4.74. The van der Waals surface area contributed by atoms with Crippen molar-refractivity contribution in [3.63, 3.8) is 0 Å². The first-order chi connectivity index (χ1) is 9.11. The Morgan fingerprint density at radius 1 is 1.11 bits per heavy atom. The fourth-order valence-electron chi connectivity index (χ4n) is 3.68. The minimum absolute atomic E-state index is 0.234. The van der Waals surface area contributed by atoms with Gasteiger partial charge in [0.05, 0.1) is 13.2 Å². The van der Waals surface area contributed by atoms with E-state index >= 15 is 0 Å². The number of halogens is 2. The van der Waals surface area contributed by atoms with Gasteiger partial charge in [-0.2, -0.15) is 0 Å². The third-order valence-electron chi connectivity index (χ3n) is 4.74. The summed E-state index contributed by atoms with van der Waals surface area (Å²) in [6.45, 7) is 0.986. The largest absolute Gasteiger partial charge is 0.348 e. The lowest BCUT2D eigenvalue weighted by Gasteiger charge is -2.33. The van der Waals surface area contributed by atoms with Crippen molar-refractivity contribution in [3.8, 4) is 0 Å². The van der Waals surface area contributed by atoms with E-state index in [9.17, 15) is 8.78 Å². The van der Waals surface area contributed by atoms with E-state index in [-0.39, 0.29) is 12.2 Å². The van der Waals surface area contributed by atoms with Gasteiger partial charge in [-0.05, 0) is 12.5 Å². The van der Waals surface area contributed by atoms with Crippen LogP contribution in [0, 0.1) is 5.92 Å². The molecule has 6 heteroatoms. The monoisotopic (exact) mass is 268 g/mol. The molecule has 1 aliphatic heterocycles. The molecule has 2 atom stereocenters. The molecule has 4 rings (SSSR count). The molecule has 1 aromatic heterocycles. The Labute approximate surface area is 109 Å². The van der Waals surface area contributed by atoms with Gasteiger partial charge in [0, 0.05) is 31.2 Å². The van der Waals surface area contributed by atoms with Crippen LogP contribution in [0.1, 0.15) is 25.1 Å². The molecule has 1 saturated heterocycles. The van der Waals surface area contributed by atoms with Gasteiger partial charge < -0.3 is 9.47 Å². The van der Waals surface area contributed by atoms with Crippen molar-refractivity contribution in [1.29, 1.82) is 0 Å². The fourth-order valence-corrected chi connectivity index (χ4v) is 3.68. The lowest BCUT2D eigenvalue weighted by molar-refractivity contribution is -0.181. The predicted molar refractivity (Wildman–Crippen MR) is 60.6 cm³/mol. The standard InChI is InChI=1S/C13H14F2N2O2/c14-13(15)9-8-11(18-6-7-19-11)2-3-12(9,13)10-16-4-1-5-17-10/h1,4-5,9H,2-3,6-8H2. The molecule has 0 radical (unpaired) electrons. The lowest BCUT2D eigenvalue weighted by atomic mass is 9.84. The van der Waals surface area contributed by atoms with Crippen molar-refractivity contribution >= 4 is 0 Å². The maximum absolute atomic E-state index is 14.3. The van der Waals surface area contributed by atoms with E-state index < -0.39 is 23.0 Å². The normalized spacial score (nSPS) is 38.1. The molecule has 2 saturated carbocycles. The maximum atomic E-state index is 14.3. The molecule has 3 fully saturated rings. The number of hydrogen-bond donors (Lipinski definition) is 0. The number of rotatable bonds is 1. The second-order valence-corrected chi connectivity index (χ2v) is 5.53. The average molecular weight is 268 g/mol. The first-order valence-electron chi connectivity index (χ1n) is 6.54. The number of hydrogen-bond acceptors (Lipinski definition) is 4. The Kier molecular flexibility index (Phi) is 2.14. The Morgan fingerprint density at radius 3 is 2.42 bits per heavy atom. The lowest BCUT2D eigenvalue weighted by Crippen LogP contribution is -2.37. The highest BCUT2D eigenvalue weighted by Crippen LogP contribution is 2.73. The van der Waals surface area contributed by atoms with Crippen molar-refractivity contribution in [3.05, 3.63) is 24.3 Å². The summed E-state index contributed by atoms with van der Waals surface area (Å²) in [5, 5.41) is 0. The Morgan fingerprint density at radius 2 is 1.79 bits per heavy atom. The summed E-state index contributed by atoms with van der Waals surface area (Å²) in [5.41, 5.74) is -1.20. The average Bonchev–Trinajstić information content (AvgIpc) is 2.76. The second-order valence-electron chi connectivity index (χ2n) is 5.53. The van der Waals surface area contributed by atoms with E-state index in [2.05, 4.69) is 9.97 Å². The summed E-state index contributed by atoms with van der Waals surface area (Å²) in [5.74, 6) is -4.05. The van der Waals surface area contributed by atoms with Crippen LogP contribution >= 0.6 is 0 Å². The van der Waals surface area contributed by atoms with Gasteiger partial charge in [0.15, 0.2) is 5.79 Å². The van der Waals surface area contributed by atoms with Gasteiger partial charge in [0.25, 0.3) is 5.92 Å². The van der Waals surface area contributed by atoms with Gasteiger partial charge >= 0.3 is 0 Å². The Hall–Kier alpha value is -1.14. The van der Waals surface area contributed by atoms with E-state index in [1.54, 1.807) is 6.07 Å². The van der Waals surface area contributed by atoms with Gasteiger partial charge in [0.2, 0.25) is 0 Å². The molecular formula is C13H14F2N2O2. The zero-order chi connectivity index (χ0) is 13.1. The smallest absolute Gasteiger partial charge is 0.265 e. The highest BCUT2D eigenvalue weighted by atomic mass is 19.3. The van der Waals surface area contributed by atoms with Crippen LogP contribution < -0.4 is 0 Å². The molecule has 2 aliphatic carbocycles. The number of ether oxygens (including phenoxy) is 2. The van der Waals surface area contributed by atoms with Crippen molar-refractivity contribution in [2.45, 2.75) is 36.4 Å². The van der Waals surface area contributed by atoms with E-state index in [0.717, 1.165) is 0 Å². The molecular weight excluding hydrogens is 254 g/mol. The summed E-state index contributed by atoms with van der Waals surface area (Å²) >= 11 is 0. The molecule has 3 aliphatic rings. The minimum atomic E-state index is -2.76. The maximum Gasteiger partial charge on any atom is 0.265 e. The molecule has 2 unspecified atom stereocenters. The number of aromatic nitrogens is 2. The van der Waals surface area contributed by atoms with Crippen LogP contribution in [0.4, 0.5) is 8.78 Å². The summed E-state index contributed by atoms with van der Waals surface area (Å²) in [4.78, 5) is 8.11. The summed E-state index contributed by atoms with van der Waals surface area (Å²) in [6.07, 6.45) is 4.08. The molecule has 1 spiro atoms. The summed E-state index contributed by atoms with van der Waals surface area (Å²) in [6, 6.07) is 1.64. The molecule has 102 valence electrons. The summed E-state index contributed by atoms with van der Waals surface area (Å²) < 4.78 is 39.7. The number of fused-ring (bicyclic) bond motifs is 1. The summed E-state index contributed by atoms with van der Waals surface area (Å²) in [7, 11) is 0. The van der Waals surface area contributed by atoms with Crippen LogP contribution in [-0.2, 0) is 14.9 Å². The first kappa shape index (κ1) is 11.7. The van der Waals surface area contributed by atoms with Crippen molar-refractivity contribution in [1.82, 2.24) is 9.97 Å². The van der Waals surface area contributed by atoms with E-state index in [4.69, 9.17) is 9.47 Å². The molecule has 0 amide bonds. The van der Waals surface area contributed by atoms with Gasteiger partial charge in [-0.3, -0.25) is 0 Å². The highest BCUT2D eigenvalue weighted by molar-refractivity contribution is 5.35. The minimum Gasteiger partial charge on any atom is -0.348 e. The number of alkyl halides is 2. The topological polar surface area (TPSA) is 44.2 Å². The molecule has 0 bridgehead atoms. The van der Waals surface area contributed by atoms with E-state index in [0.29, 0.717) is 26.1 Å². The van der Waals surface area contributed by atoms with Gasteiger partial charge in [-0.15, -0.1) is 0 Å². The molecule has 2 heterocycles. The quantitative estimate of drug-likeness (QED) is 0.780. The molecule has 0 N–H and O–H groups in total. The van der Waals surface area contributed by atoms with Gasteiger partial charge in [-0.1, -0.05) is 0 Å². The Bertz CT molecular complexity index is 505. The second kappa shape index (κ2) is 3.49. The van der Waals surface area contributed by atoms with Crippen LogP contribution in [0.2, 0.25) is 0 Å². The molecule has 19 heavy (non-hydrogen) atoms. The SMILES string of the molecule is FC1(F)C2CC3(CCC21c1ncccn1)OCCO3. The first-order valence-corrected chi connectivity index (χ1v) is 6.54. The zero-order valence-corrected chi connectivity index (χ0v) is 10.3. The van der Waals surface area contributed by atoms with Crippen molar-refractivity contribution < 1.29 is 18.3 Å². The third kappa shape index (κ3) is 1.33. The van der Waals surface area contributed by atoms with E-state index in [1.165, 1.54) is 12.4 Å².